The molecule has 0 bridgehead atoms. The van der Waals surface area contributed by atoms with Gasteiger partial charge in [0.15, 0.2) is 0 Å². The van der Waals surface area contributed by atoms with Crippen LogP contribution in [-0.2, 0) is 4.74 Å². The highest BCUT2D eigenvalue weighted by molar-refractivity contribution is 5.16. The van der Waals surface area contributed by atoms with Crippen LogP contribution in [0.25, 0.3) is 0 Å². The van der Waals surface area contributed by atoms with E-state index >= 15 is 0 Å². The van der Waals surface area contributed by atoms with Gasteiger partial charge in [-0.1, -0.05) is 20.8 Å². The van der Waals surface area contributed by atoms with E-state index in [1.807, 2.05) is 0 Å². The summed E-state index contributed by atoms with van der Waals surface area (Å²) >= 11 is 0. The molecule has 1 heterocycles. The third kappa shape index (κ3) is 1.81. The highest BCUT2D eigenvalue weighted by Crippen LogP contribution is 2.55. The third-order valence-electron chi connectivity index (χ3n) is 3.45. The Kier molecular flexibility index (Phi) is 2.56. The smallest absolute Gasteiger partial charge is 0.109 e. The van der Waals surface area contributed by atoms with Gasteiger partial charge in [0.2, 0.25) is 0 Å². The summed E-state index contributed by atoms with van der Waals surface area (Å²) in [6.07, 6.45) is 4.66. The molecule has 0 aromatic carbocycles. The molecule has 1 saturated carbocycles. The van der Waals surface area contributed by atoms with Gasteiger partial charge in [-0.15, -0.1) is 0 Å². The van der Waals surface area contributed by atoms with E-state index in [9.17, 15) is 0 Å². The molecule has 1 fully saturated rings. The molecule has 2 nitrogen and oxygen atoms in total. The zero-order valence-corrected chi connectivity index (χ0v) is 9.47. The van der Waals surface area contributed by atoms with Crippen molar-refractivity contribution in [3.63, 3.8) is 0 Å². The molecule has 0 aromatic rings. The largest absolute Gasteiger partial charge is 0.496 e. The minimum atomic E-state index is 0.470. The molecule has 1 aliphatic heterocycles. The fraction of sp³-hybridized carbons (Fsp3) is 0.833. The maximum Gasteiger partial charge on any atom is 0.109 e. The molecule has 0 radical (unpaired) electrons. The molecule has 1 N–H and O–H groups in total. The normalized spacial score (nSPS) is 30.8. The number of nitrogens with one attached hydrogen (secondary N) is 1. The summed E-state index contributed by atoms with van der Waals surface area (Å²) in [7, 11) is 0. The lowest BCUT2D eigenvalue weighted by Crippen LogP contribution is -2.34. The molecular formula is C12H21NO. The van der Waals surface area contributed by atoms with Gasteiger partial charge in [-0.25, -0.2) is 0 Å². The third-order valence-corrected chi connectivity index (χ3v) is 3.45. The monoisotopic (exact) mass is 195 g/mol. The van der Waals surface area contributed by atoms with Crippen molar-refractivity contribution in [2.75, 3.05) is 13.2 Å². The maximum atomic E-state index is 5.66. The standard InChI is InChI=1S/C12H21NO/c1-4-13-11(9-8-12(9,2)3)10-6-5-7-14-10/h6,9,11,13H,4-5,7-8H2,1-3H3. The highest BCUT2D eigenvalue weighted by atomic mass is 16.5. The summed E-state index contributed by atoms with van der Waals surface area (Å²) in [5.74, 6) is 1.97. The van der Waals surface area contributed by atoms with Crippen LogP contribution in [0.3, 0.4) is 0 Å². The van der Waals surface area contributed by atoms with Crippen LogP contribution in [0.5, 0.6) is 0 Å². The lowest BCUT2D eigenvalue weighted by molar-refractivity contribution is 0.203. The summed E-state index contributed by atoms with van der Waals surface area (Å²) < 4.78 is 5.66. The van der Waals surface area contributed by atoms with Crippen LogP contribution in [-0.4, -0.2) is 19.2 Å². The summed E-state index contributed by atoms with van der Waals surface area (Å²) in [6, 6.07) is 0.470. The molecule has 0 spiro atoms. The number of hydrogen-bond donors (Lipinski definition) is 1. The lowest BCUT2D eigenvalue weighted by atomic mass is 10.0. The van der Waals surface area contributed by atoms with Gasteiger partial charge in [0.25, 0.3) is 0 Å². The fourth-order valence-electron chi connectivity index (χ4n) is 2.39. The Morgan fingerprint density at radius 2 is 2.36 bits per heavy atom. The van der Waals surface area contributed by atoms with Crippen molar-refractivity contribution in [2.45, 2.75) is 39.7 Å². The van der Waals surface area contributed by atoms with Gasteiger partial charge < -0.3 is 10.1 Å². The van der Waals surface area contributed by atoms with E-state index in [0.717, 1.165) is 25.5 Å². The number of ether oxygens (including phenoxy) is 1. The van der Waals surface area contributed by atoms with E-state index in [-0.39, 0.29) is 0 Å². The van der Waals surface area contributed by atoms with Gasteiger partial charge in [-0.3, -0.25) is 0 Å². The van der Waals surface area contributed by atoms with Crippen molar-refractivity contribution < 1.29 is 4.74 Å². The molecule has 2 atom stereocenters. The zero-order valence-electron chi connectivity index (χ0n) is 9.47. The Bertz CT molecular complexity index is 245. The van der Waals surface area contributed by atoms with Gasteiger partial charge in [0.05, 0.1) is 12.6 Å². The summed E-state index contributed by atoms with van der Waals surface area (Å²) in [5, 5.41) is 3.55. The molecule has 2 heteroatoms. The topological polar surface area (TPSA) is 21.3 Å². The quantitative estimate of drug-likeness (QED) is 0.743. The molecule has 2 aliphatic rings. The first-order chi connectivity index (χ1) is 6.65. The summed E-state index contributed by atoms with van der Waals surface area (Å²) in [6.45, 7) is 8.76. The number of rotatable bonds is 4. The van der Waals surface area contributed by atoms with E-state index in [4.69, 9.17) is 4.74 Å². The Labute approximate surface area is 86.7 Å². The SMILES string of the molecule is CCNC(C1=CCCO1)C1CC1(C)C. The van der Waals surface area contributed by atoms with Gasteiger partial charge in [-0.2, -0.15) is 0 Å². The Hall–Kier alpha value is -0.500. The average molecular weight is 195 g/mol. The van der Waals surface area contributed by atoms with Gasteiger partial charge >= 0.3 is 0 Å². The van der Waals surface area contributed by atoms with Gasteiger partial charge in [-0.05, 0) is 30.4 Å². The zero-order chi connectivity index (χ0) is 10.2. The maximum absolute atomic E-state index is 5.66. The summed E-state index contributed by atoms with van der Waals surface area (Å²) in [4.78, 5) is 0. The number of hydrogen-bond acceptors (Lipinski definition) is 2. The Morgan fingerprint density at radius 3 is 2.79 bits per heavy atom. The first-order valence-corrected chi connectivity index (χ1v) is 5.71. The van der Waals surface area contributed by atoms with Crippen molar-refractivity contribution in [1.29, 1.82) is 0 Å². The van der Waals surface area contributed by atoms with Crippen LogP contribution in [0.4, 0.5) is 0 Å². The predicted octanol–water partition coefficient (Wildman–Crippen LogP) is 2.31. The molecule has 1 aliphatic carbocycles. The van der Waals surface area contributed by atoms with E-state index in [2.05, 4.69) is 32.2 Å². The second kappa shape index (κ2) is 3.58. The second-order valence-corrected chi connectivity index (χ2v) is 5.08. The van der Waals surface area contributed by atoms with E-state index in [1.165, 1.54) is 12.2 Å². The fourth-order valence-corrected chi connectivity index (χ4v) is 2.39. The molecule has 14 heavy (non-hydrogen) atoms. The van der Waals surface area contributed by atoms with Crippen LogP contribution in [0, 0.1) is 11.3 Å². The molecule has 0 aromatic heterocycles. The van der Waals surface area contributed by atoms with E-state index in [1.54, 1.807) is 0 Å². The van der Waals surface area contributed by atoms with Crippen molar-refractivity contribution in [2.24, 2.45) is 11.3 Å². The van der Waals surface area contributed by atoms with E-state index < -0.39 is 0 Å². The molecule has 0 saturated heterocycles. The van der Waals surface area contributed by atoms with Crippen molar-refractivity contribution in [1.82, 2.24) is 5.32 Å². The van der Waals surface area contributed by atoms with Crippen molar-refractivity contribution in [3.05, 3.63) is 11.8 Å². The Balaban J connectivity index is 2.01. The number of likely N-dealkylation sites (N-methyl/N-ethyl adjacent to an activating group) is 1. The minimum Gasteiger partial charge on any atom is -0.496 e. The predicted molar refractivity (Wildman–Crippen MR) is 58.0 cm³/mol. The Morgan fingerprint density at radius 1 is 1.64 bits per heavy atom. The molecule has 2 rings (SSSR count). The van der Waals surface area contributed by atoms with Crippen LogP contribution in [0.15, 0.2) is 11.8 Å². The average Bonchev–Trinajstić information content (AvgIpc) is 2.61. The molecule has 2 unspecified atom stereocenters. The molecular weight excluding hydrogens is 174 g/mol. The first kappa shape index (κ1) is 10.0. The van der Waals surface area contributed by atoms with Crippen LogP contribution >= 0.6 is 0 Å². The lowest BCUT2D eigenvalue weighted by Gasteiger charge is -2.20. The van der Waals surface area contributed by atoms with Crippen LogP contribution < -0.4 is 5.32 Å². The molecule has 0 amide bonds. The second-order valence-electron chi connectivity index (χ2n) is 5.08. The minimum absolute atomic E-state index is 0.470. The molecule has 80 valence electrons. The van der Waals surface area contributed by atoms with Crippen molar-refractivity contribution in [3.8, 4) is 0 Å². The highest BCUT2D eigenvalue weighted by Gasteiger charge is 2.51. The van der Waals surface area contributed by atoms with Crippen molar-refractivity contribution >= 4 is 0 Å². The van der Waals surface area contributed by atoms with E-state index in [0.29, 0.717) is 11.5 Å². The van der Waals surface area contributed by atoms with Crippen LogP contribution in [0.2, 0.25) is 0 Å². The van der Waals surface area contributed by atoms with Crippen LogP contribution in [0.1, 0.15) is 33.6 Å². The van der Waals surface area contributed by atoms with Gasteiger partial charge in [0, 0.05) is 6.42 Å². The van der Waals surface area contributed by atoms with Gasteiger partial charge in [0.1, 0.15) is 5.76 Å². The summed E-state index contributed by atoms with van der Waals surface area (Å²) in [5.41, 5.74) is 0.514. The first-order valence-electron chi connectivity index (χ1n) is 5.71.